The third-order valence-corrected chi connectivity index (χ3v) is 3.22. The molecule has 0 spiro atoms. The van der Waals surface area contributed by atoms with Crippen LogP contribution >= 0.6 is 0 Å². The van der Waals surface area contributed by atoms with Crippen LogP contribution in [-0.4, -0.2) is 29.6 Å². The second-order valence-electron chi connectivity index (χ2n) is 5.22. The van der Waals surface area contributed by atoms with Crippen LogP contribution in [0.15, 0.2) is 47.6 Å². The quantitative estimate of drug-likeness (QED) is 0.443. The van der Waals surface area contributed by atoms with E-state index in [1.54, 1.807) is 13.0 Å². The molecule has 1 N–H and O–H groups in total. The number of hydrazone groups is 1. The maximum Gasteiger partial charge on any atom is 0.311 e. The van der Waals surface area contributed by atoms with E-state index in [0.717, 1.165) is 0 Å². The predicted octanol–water partition coefficient (Wildman–Crippen LogP) is 0.796. The first-order valence-corrected chi connectivity index (χ1v) is 7.38. The Morgan fingerprint density at radius 3 is 2.54 bits per heavy atom. The Morgan fingerprint density at radius 2 is 1.92 bits per heavy atom. The second kappa shape index (κ2) is 8.38. The first-order valence-electron chi connectivity index (χ1n) is 7.38. The molecule has 0 aromatic heterocycles. The van der Waals surface area contributed by atoms with Gasteiger partial charge in [-0.05, 0) is 29.7 Å². The van der Waals surface area contributed by atoms with Gasteiger partial charge in [-0.3, -0.25) is 14.9 Å². The summed E-state index contributed by atoms with van der Waals surface area (Å²) in [7, 11) is 0. The molecule has 0 aliphatic carbocycles. The lowest BCUT2D eigenvalue weighted by Gasteiger charge is -2.06. The average Bonchev–Trinajstić information content (AvgIpc) is 2.61. The number of carbonyl (C=O) groups is 2. The maximum atomic E-state index is 11.7. The molecule has 134 valence electrons. The van der Waals surface area contributed by atoms with Gasteiger partial charge in [0.2, 0.25) is 0 Å². The number of nitro groups is 1. The number of rotatable bonds is 7. The van der Waals surface area contributed by atoms with Gasteiger partial charge >= 0.3 is 5.69 Å². The van der Waals surface area contributed by atoms with Crippen LogP contribution in [0.25, 0.3) is 0 Å². The van der Waals surface area contributed by atoms with Gasteiger partial charge in [-0.2, -0.15) is 5.10 Å². The van der Waals surface area contributed by atoms with Crippen molar-refractivity contribution < 1.29 is 24.4 Å². The third kappa shape index (κ3) is 5.13. The third-order valence-electron chi connectivity index (χ3n) is 3.22. The number of aromatic carboxylic acids is 1. The van der Waals surface area contributed by atoms with E-state index in [4.69, 9.17) is 4.74 Å². The number of nitrogens with zero attached hydrogens (tertiary/aromatic N) is 2. The molecule has 2 aromatic carbocycles. The molecule has 0 aliphatic heterocycles. The minimum absolute atomic E-state index is 0.0161. The Bertz CT molecular complexity index is 861. The van der Waals surface area contributed by atoms with Crippen molar-refractivity contribution in [2.75, 3.05) is 6.61 Å². The van der Waals surface area contributed by atoms with Gasteiger partial charge in [0.25, 0.3) is 5.91 Å². The number of ether oxygens (including phenoxy) is 1. The lowest BCUT2D eigenvalue weighted by atomic mass is 10.1. The highest BCUT2D eigenvalue weighted by molar-refractivity contribution is 5.88. The molecule has 0 saturated carbocycles. The molecule has 9 nitrogen and oxygen atoms in total. The summed E-state index contributed by atoms with van der Waals surface area (Å²) in [6, 6.07) is 10.1. The molecule has 26 heavy (non-hydrogen) atoms. The summed E-state index contributed by atoms with van der Waals surface area (Å²) in [5.41, 5.74) is 3.26. The average molecular weight is 356 g/mol. The molecule has 0 unspecified atom stereocenters. The van der Waals surface area contributed by atoms with Crippen molar-refractivity contribution in [1.82, 2.24) is 5.43 Å². The lowest BCUT2D eigenvalue weighted by molar-refractivity contribution is -0.385. The molecule has 9 heteroatoms. The van der Waals surface area contributed by atoms with E-state index in [0.29, 0.717) is 11.1 Å². The molecule has 2 rings (SSSR count). The van der Waals surface area contributed by atoms with Gasteiger partial charge in [0.05, 0.1) is 17.1 Å². The van der Waals surface area contributed by atoms with Crippen LogP contribution in [0.1, 0.15) is 21.5 Å². The number of carbonyl (C=O) groups excluding carboxylic acids is 2. The Hall–Kier alpha value is -3.75. The van der Waals surface area contributed by atoms with Crippen molar-refractivity contribution in [3.63, 3.8) is 0 Å². The fourth-order valence-corrected chi connectivity index (χ4v) is 1.95. The van der Waals surface area contributed by atoms with Gasteiger partial charge in [-0.25, -0.2) is 5.43 Å². The predicted molar refractivity (Wildman–Crippen MR) is 89.8 cm³/mol. The standard InChI is InChI=1S/C17H15N3O6/c1-11-2-7-15(14(8-11)20(24)25)26-10-16(21)19-18-9-12-3-5-13(6-4-12)17(22)23/h2-9H,10H2,1H3,(H,19,21)(H,22,23)/p-1/b18-9+. The fourth-order valence-electron chi connectivity index (χ4n) is 1.95. The van der Waals surface area contributed by atoms with E-state index in [1.165, 1.54) is 42.6 Å². The number of aryl methyl sites for hydroxylation is 1. The van der Waals surface area contributed by atoms with E-state index in [2.05, 4.69) is 10.5 Å². The minimum atomic E-state index is -1.29. The number of hydrogen-bond donors (Lipinski definition) is 1. The van der Waals surface area contributed by atoms with Gasteiger partial charge in [0.1, 0.15) is 0 Å². The van der Waals surface area contributed by atoms with E-state index in [9.17, 15) is 24.8 Å². The molecule has 0 fully saturated rings. The van der Waals surface area contributed by atoms with Gasteiger partial charge in [0.15, 0.2) is 12.4 Å². The number of amides is 1. The monoisotopic (exact) mass is 356 g/mol. The molecular weight excluding hydrogens is 342 g/mol. The maximum absolute atomic E-state index is 11.7. The van der Waals surface area contributed by atoms with Crippen LogP contribution in [0.5, 0.6) is 5.75 Å². The Kier molecular flexibility index (Phi) is 5.99. The number of carboxylic acid groups (broad SMARTS) is 1. The van der Waals surface area contributed by atoms with Gasteiger partial charge in [0, 0.05) is 6.07 Å². The number of nitro benzene ring substituents is 1. The van der Waals surface area contributed by atoms with Gasteiger partial charge < -0.3 is 14.6 Å². The highest BCUT2D eigenvalue weighted by Crippen LogP contribution is 2.27. The first-order chi connectivity index (χ1) is 12.4. The van der Waals surface area contributed by atoms with Gasteiger partial charge in [-0.15, -0.1) is 0 Å². The van der Waals surface area contributed by atoms with Crippen molar-refractivity contribution >= 4 is 23.8 Å². The summed E-state index contributed by atoms with van der Waals surface area (Å²) in [6.07, 6.45) is 1.31. The fraction of sp³-hybridized carbons (Fsp3) is 0.118. The van der Waals surface area contributed by atoms with Crippen LogP contribution in [0.4, 0.5) is 5.69 Å². The van der Waals surface area contributed by atoms with Crippen molar-refractivity contribution in [3.05, 3.63) is 69.3 Å². The van der Waals surface area contributed by atoms with Gasteiger partial charge in [-0.1, -0.05) is 30.3 Å². The van der Waals surface area contributed by atoms with Crippen molar-refractivity contribution in [2.45, 2.75) is 6.92 Å². The summed E-state index contributed by atoms with van der Waals surface area (Å²) >= 11 is 0. The normalized spacial score (nSPS) is 10.5. The molecule has 1 amide bonds. The zero-order valence-electron chi connectivity index (χ0n) is 13.7. The lowest BCUT2D eigenvalue weighted by Crippen LogP contribution is -2.24. The van der Waals surface area contributed by atoms with E-state index in [-0.39, 0.29) is 17.0 Å². The molecule has 0 bridgehead atoms. The molecule has 2 aromatic rings. The van der Waals surface area contributed by atoms with Crippen LogP contribution in [0, 0.1) is 17.0 Å². The zero-order chi connectivity index (χ0) is 19.1. The highest BCUT2D eigenvalue weighted by Gasteiger charge is 2.16. The van der Waals surface area contributed by atoms with E-state index < -0.39 is 23.4 Å². The van der Waals surface area contributed by atoms with E-state index in [1.807, 2.05) is 0 Å². The Balaban J connectivity index is 1.89. The molecular formula is C17H14N3O6-. The number of benzene rings is 2. The molecule has 0 aliphatic rings. The van der Waals surface area contributed by atoms with Crippen LogP contribution < -0.4 is 15.3 Å². The smallest absolute Gasteiger partial charge is 0.311 e. The number of carboxylic acids is 1. The second-order valence-corrected chi connectivity index (χ2v) is 5.22. The van der Waals surface area contributed by atoms with Crippen LogP contribution in [-0.2, 0) is 4.79 Å². The number of nitrogens with one attached hydrogen (secondary N) is 1. The van der Waals surface area contributed by atoms with Crippen molar-refractivity contribution in [1.29, 1.82) is 0 Å². The molecule has 0 radical (unpaired) electrons. The molecule has 0 atom stereocenters. The van der Waals surface area contributed by atoms with Crippen LogP contribution in [0.3, 0.4) is 0 Å². The van der Waals surface area contributed by atoms with Crippen LogP contribution in [0.2, 0.25) is 0 Å². The summed E-state index contributed by atoms with van der Waals surface area (Å²) in [5.74, 6) is -1.91. The summed E-state index contributed by atoms with van der Waals surface area (Å²) in [4.78, 5) is 32.7. The molecule has 0 heterocycles. The SMILES string of the molecule is Cc1ccc(OCC(=O)N/N=C/c2ccc(C(=O)[O-])cc2)c([N+](=O)[O-])c1. The Morgan fingerprint density at radius 1 is 1.23 bits per heavy atom. The zero-order valence-corrected chi connectivity index (χ0v) is 13.7. The van der Waals surface area contributed by atoms with Crippen molar-refractivity contribution in [2.24, 2.45) is 5.10 Å². The Labute approximate surface area is 148 Å². The first kappa shape index (κ1) is 18.6. The molecule has 0 saturated heterocycles. The largest absolute Gasteiger partial charge is 0.545 e. The topological polar surface area (TPSA) is 134 Å². The minimum Gasteiger partial charge on any atom is -0.545 e. The summed E-state index contributed by atoms with van der Waals surface area (Å²) < 4.78 is 5.16. The summed E-state index contributed by atoms with van der Waals surface area (Å²) in [6.45, 7) is 1.25. The summed E-state index contributed by atoms with van der Waals surface area (Å²) in [5, 5.41) is 25.3. The number of hydrogen-bond acceptors (Lipinski definition) is 7. The highest BCUT2D eigenvalue weighted by atomic mass is 16.6. The van der Waals surface area contributed by atoms with E-state index >= 15 is 0 Å². The van der Waals surface area contributed by atoms with Crippen molar-refractivity contribution in [3.8, 4) is 5.75 Å².